The number of carbonyl (C=O) groups excluding carboxylic acids is 2. The maximum Gasteiger partial charge on any atom is 0.240 e. The van der Waals surface area contributed by atoms with Crippen molar-refractivity contribution < 1.29 is 9.59 Å². The minimum atomic E-state index is -0.127. The van der Waals surface area contributed by atoms with Crippen molar-refractivity contribution in [3.63, 3.8) is 0 Å². The summed E-state index contributed by atoms with van der Waals surface area (Å²) in [4.78, 5) is 25.6. The van der Waals surface area contributed by atoms with Crippen molar-refractivity contribution in [2.75, 3.05) is 17.2 Å². The molecule has 3 N–H and O–H groups in total. The Bertz CT molecular complexity index is 528. The van der Waals surface area contributed by atoms with Crippen LogP contribution in [0.1, 0.15) is 32.3 Å². The molecule has 5 heteroatoms. The molecule has 0 saturated carbocycles. The van der Waals surface area contributed by atoms with Gasteiger partial charge < -0.3 is 16.0 Å². The number of carbonyl (C=O) groups is 2. The van der Waals surface area contributed by atoms with Gasteiger partial charge in [-0.05, 0) is 43.5 Å². The number of nitrogens with one attached hydrogen (secondary N) is 1. The summed E-state index contributed by atoms with van der Waals surface area (Å²) in [5.41, 5.74) is 8.28. The van der Waals surface area contributed by atoms with Crippen molar-refractivity contribution in [1.29, 1.82) is 0 Å². The van der Waals surface area contributed by atoms with Gasteiger partial charge in [0.05, 0.1) is 0 Å². The van der Waals surface area contributed by atoms with Crippen LogP contribution < -0.4 is 16.0 Å². The molecule has 2 amide bonds. The van der Waals surface area contributed by atoms with Gasteiger partial charge in [-0.25, -0.2) is 0 Å². The Balaban J connectivity index is 2.15. The average Bonchev–Trinajstić information content (AvgIpc) is 2.41. The lowest BCUT2D eigenvalue weighted by Crippen LogP contribution is -2.45. The number of hydrogen-bond donors (Lipinski definition) is 2. The fourth-order valence-corrected chi connectivity index (χ4v) is 2.32. The molecule has 0 aromatic heterocycles. The molecule has 0 radical (unpaired) electrons. The lowest BCUT2D eigenvalue weighted by atomic mass is 10.0. The number of amides is 2. The van der Waals surface area contributed by atoms with Gasteiger partial charge in [-0.15, -0.1) is 0 Å². The summed E-state index contributed by atoms with van der Waals surface area (Å²) >= 11 is 0. The average molecular weight is 275 g/mol. The van der Waals surface area contributed by atoms with Crippen LogP contribution in [0.5, 0.6) is 0 Å². The number of nitrogens with two attached hydrogens (primary N) is 1. The molecule has 0 aliphatic carbocycles. The largest absolute Gasteiger partial charge is 0.399 e. The Hall–Kier alpha value is -2.04. The second-order valence-corrected chi connectivity index (χ2v) is 5.24. The van der Waals surface area contributed by atoms with Gasteiger partial charge in [-0.1, -0.05) is 6.92 Å². The standard InChI is InChI=1S/C15H21N3O2/c1-3-10(2)17-14(19)9-18-13-6-5-12(16)8-11(13)4-7-15(18)20/h5-6,8,10H,3-4,7,9,16H2,1-2H3,(H,17,19). The summed E-state index contributed by atoms with van der Waals surface area (Å²) in [5, 5.41) is 2.88. The predicted molar refractivity (Wildman–Crippen MR) is 79.4 cm³/mol. The SMILES string of the molecule is CCC(C)NC(=O)CN1C(=O)CCc2cc(N)ccc21. The molecular weight excluding hydrogens is 254 g/mol. The molecule has 5 nitrogen and oxygen atoms in total. The zero-order valence-electron chi connectivity index (χ0n) is 12.0. The van der Waals surface area contributed by atoms with Gasteiger partial charge in [0.2, 0.25) is 11.8 Å². The highest BCUT2D eigenvalue weighted by atomic mass is 16.2. The van der Waals surface area contributed by atoms with Crippen molar-refractivity contribution in [1.82, 2.24) is 5.32 Å². The summed E-state index contributed by atoms with van der Waals surface area (Å²) < 4.78 is 0. The molecule has 108 valence electrons. The van der Waals surface area contributed by atoms with Crippen LogP contribution >= 0.6 is 0 Å². The van der Waals surface area contributed by atoms with Crippen LogP contribution in [0.2, 0.25) is 0 Å². The number of anilines is 2. The second kappa shape index (κ2) is 5.94. The van der Waals surface area contributed by atoms with Crippen LogP contribution in [-0.2, 0) is 16.0 Å². The van der Waals surface area contributed by atoms with Gasteiger partial charge in [-0.3, -0.25) is 9.59 Å². The first-order valence-electron chi connectivity index (χ1n) is 6.99. The predicted octanol–water partition coefficient (Wildman–Crippen LogP) is 1.46. The van der Waals surface area contributed by atoms with Crippen LogP contribution in [0.3, 0.4) is 0 Å². The van der Waals surface area contributed by atoms with E-state index in [4.69, 9.17) is 5.73 Å². The molecule has 1 aromatic rings. The van der Waals surface area contributed by atoms with E-state index in [1.807, 2.05) is 26.0 Å². The third-order valence-electron chi connectivity index (χ3n) is 3.63. The summed E-state index contributed by atoms with van der Waals surface area (Å²) in [6.45, 7) is 4.03. The lowest BCUT2D eigenvalue weighted by Gasteiger charge is -2.29. The molecule has 1 heterocycles. The van der Waals surface area contributed by atoms with Crippen LogP contribution in [-0.4, -0.2) is 24.4 Å². The molecule has 0 spiro atoms. The fourth-order valence-electron chi connectivity index (χ4n) is 2.32. The minimum absolute atomic E-state index is 0.0124. The molecule has 20 heavy (non-hydrogen) atoms. The third kappa shape index (κ3) is 3.10. The van der Waals surface area contributed by atoms with Gasteiger partial charge in [-0.2, -0.15) is 0 Å². The zero-order valence-corrected chi connectivity index (χ0v) is 12.0. The van der Waals surface area contributed by atoms with E-state index in [1.165, 1.54) is 0 Å². The Kier molecular flexibility index (Phi) is 4.27. The topological polar surface area (TPSA) is 75.4 Å². The van der Waals surface area contributed by atoms with Gasteiger partial charge >= 0.3 is 0 Å². The molecule has 0 fully saturated rings. The first-order chi connectivity index (χ1) is 9.51. The smallest absolute Gasteiger partial charge is 0.240 e. The van der Waals surface area contributed by atoms with E-state index >= 15 is 0 Å². The van der Waals surface area contributed by atoms with Crippen molar-refractivity contribution in [3.05, 3.63) is 23.8 Å². The summed E-state index contributed by atoms with van der Waals surface area (Å²) in [7, 11) is 0. The number of nitrogens with zero attached hydrogens (tertiary/aromatic N) is 1. The molecule has 1 aromatic carbocycles. The maximum absolute atomic E-state index is 12.0. The van der Waals surface area contributed by atoms with E-state index in [0.29, 0.717) is 18.5 Å². The van der Waals surface area contributed by atoms with E-state index in [1.54, 1.807) is 11.0 Å². The van der Waals surface area contributed by atoms with E-state index < -0.39 is 0 Å². The normalized spacial score (nSPS) is 15.7. The molecular formula is C15H21N3O2. The highest BCUT2D eigenvalue weighted by molar-refractivity contribution is 6.01. The number of fused-ring (bicyclic) bond motifs is 1. The zero-order chi connectivity index (χ0) is 14.7. The van der Waals surface area contributed by atoms with Gasteiger partial charge in [0.25, 0.3) is 0 Å². The first-order valence-corrected chi connectivity index (χ1v) is 6.99. The Morgan fingerprint density at radius 3 is 2.90 bits per heavy atom. The molecule has 1 aliphatic heterocycles. The third-order valence-corrected chi connectivity index (χ3v) is 3.63. The highest BCUT2D eigenvalue weighted by Crippen LogP contribution is 2.29. The molecule has 2 rings (SSSR count). The Labute approximate surface area is 119 Å². The van der Waals surface area contributed by atoms with E-state index in [-0.39, 0.29) is 24.4 Å². The molecule has 1 atom stereocenters. The monoisotopic (exact) mass is 275 g/mol. The number of hydrogen-bond acceptors (Lipinski definition) is 3. The van der Waals surface area contributed by atoms with Gasteiger partial charge in [0.1, 0.15) is 6.54 Å². The quantitative estimate of drug-likeness (QED) is 0.817. The van der Waals surface area contributed by atoms with Crippen molar-refractivity contribution in [2.45, 2.75) is 39.2 Å². The molecule has 1 unspecified atom stereocenters. The van der Waals surface area contributed by atoms with Crippen LogP contribution in [0.4, 0.5) is 11.4 Å². The number of rotatable bonds is 4. The van der Waals surface area contributed by atoms with E-state index in [9.17, 15) is 9.59 Å². The number of nitrogen functional groups attached to an aromatic ring is 1. The van der Waals surface area contributed by atoms with E-state index in [0.717, 1.165) is 17.7 Å². The highest BCUT2D eigenvalue weighted by Gasteiger charge is 2.26. The molecule has 0 bridgehead atoms. The Morgan fingerprint density at radius 2 is 2.20 bits per heavy atom. The number of benzene rings is 1. The first kappa shape index (κ1) is 14.4. The van der Waals surface area contributed by atoms with Crippen LogP contribution in [0.25, 0.3) is 0 Å². The van der Waals surface area contributed by atoms with E-state index in [2.05, 4.69) is 5.32 Å². The molecule has 1 aliphatic rings. The second-order valence-electron chi connectivity index (χ2n) is 5.24. The van der Waals surface area contributed by atoms with Crippen LogP contribution in [0.15, 0.2) is 18.2 Å². The summed E-state index contributed by atoms with van der Waals surface area (Å²) in [6.07, 6.45) is 1.97. The minimum Gasteiger partial charge on any atom is -0.399 e. The van der Waals surface area contributed by atoms with Crippen LogP contribution in [0, 0.1) is 0 Å². The van der Waals surface area contributed by atoms with Crippen molar-refractivity contribution in [2.24, 2.45) is 0 Å². The molecule has 0 saturated heterocycles. The lowest BCUT2D eigenvalue weighted by molar-refractivity contribution is -0.124. The van der Waals surface area contributed by atoms with Gasteiger partial charge in [0, 0.05) is 23.8 Å². The fraction of sp³-hybridized carbons (Fsp3) is 0.467. The van der Waals surface area contributed by atoms with Crippen molar-refractivity contribution >= 4 is 23.2 Å². The summed E-state index contributed by atoms with van der Waals surface area (Å²) in [5.74, 6) is -0.140. The van der Waals surface area contributed by atoms with Gasteiger partial charge in [0.15, 0.2) is 0 Å². The van der Waals surface area contributed by atoms with Crippen molar-refractivity contribution in [3.8, 4) is 0 Å². The summed E-state index contributed by atoms with van der Waals surface area (Å²) in [6, 6.07) is 5.57. The maximum atomic E-state index is 12.0. The number of aryl methyl sites for hydroxylation is 1. The Morgan fingerprint density at radius 1 is 1.45 bits per heavy atom.